The number of aromatic amines is 2. The molecule has 3 saturated carbocycles. The highest BCUT2D eigenvalue weighted by Gasteiger charge is 2.20. The molecule has 3 fully saturated rings. The number of hydrogen-bond acceptors (Lipinski definition) is 12. The summed E-state index contributed by atoms with van der Waals surface area (Å²) in [6.45, 7) is 4.28. The second-order valence-corrected chi connectivity index (χ2v) is 14.9. The van der Waals surface area contributed by atoms with Crippen molar-refractivity contribution in [1.29, 1.82) is 0 Å². The van der Waals surface area contributed by atoms with Crippen LogP contribution in [0.1, 0.15) is 134 Å². The molecule has 7 rings (SSSR count). The molecule has 3 aliphatic rings. The smallest absolute Gasteiger partial charge is 0.337 e. The number of hydrogen-bond donors (Lipinski definition) is 2. The fourth-order valence-corrected chi connectivity index (χ4v) is 7.42. The zero-order chi connectivity index (χ0) is 37.2. The highest BCUT2D eigenvalue weighted by atomic mass is 16.6. The first kappa shape index (κ1) is 37.9. The van der Waals surface area contributed by atoms with Crippen LogP contribution < -0.4 is 32.0 Å². The average Bonchev–Trinajstić information content (AvgIpc) is 3.14. The Labute approximate surface area is 306 Å². The number of aryl methyl sites for hydroxylation is 1. The fourth-order valence-electron chi connectivity index (χ4n) is 7.42. The van der Waals surface area contributed by atoms with Gasteiger partial charge in [-0.25, -0.2) is 9.59 Å². The molecule has 0 atom stereocenters. The molecular weight excluding hydrogens is 680 g/mol. The summed E-state index contributed by atoms with van der Waals surface area (Å²) in [5, 5.41) is 8.84. The number of H-pyrrole nitrogens is 2. The van der Waals surface area contributed by atoms with Gasteiger partial charge in [-0.3, -0.25) is 19.6 Å². The van der Waals surface area contributed by atoms with Gasteiger partial charge in [0.2, 0.25) is 11.4 Å². The Balaban J connectivity index is 0.000000182. The van der Waals surface area contributed by atoms with Gasteiger partial charge in [0.25, 0.3) is 11.1 Å². The summed E-state index contributed by atoms with van der Waals surface area (Å²) in [6.07, 6.45) is 19.6. The van der Waals surface area contributed by atoms with E-state index in [0.717, 1.165) is 88.5 Å². The van der Waals surface area contributed by atoms with Gasteiger partial charge < -0.3 is 18.5 Å². The van der Waals surface area contributed by atoms with Crippen LogP contribution in [0.4, 0.5) is 0 Å². The summed E-state index contributed by atoms with van der Waals surface area (Å²) in [5.41, 5.74) is 1.60. The van der Waals surface area contributed by atoms with Crippen LogP contribution >= 0.6 is 0 Å². The summed E-state index contributed by atoms with van der Waals surface area (Å²) < 4.78 is 10.3. The van der Waals surface area contributed by atoms with Gasteiger partial charge in [-0.05, 0) is 93.6 Å². The molecular formula is C39H50N6O8. The lowest BCUT2D eigenvalue weighted by Gasteiger charge is -2.21. The van der Waals surface area contributed by atoms with Crippen molar-refractivity contribution in [1.82, 2.24) is 19.9 Å². The minimum absolute atomic E-state index is 0.000332. The second kappa shape index (κ2) is 18.2. The van der Waals surface area contributed by atoms with E-state index in [9.17, 15) is 19.2 Å². The SMILES string of the molecule is CC(C)CCCc1cc(=O)oc2nc(ON=C3CCCCC3)[nH]c(=O)c12.O=c1cc(CC2CCCCC2)c2c(=O)[nH]c(ON=C3CCCCC3)nc2o1. The van der Waals surface area contributed by atoms with E-state index in [-0.39, 0.29) is 34.6 Å². The molecule has 14 heteroatoms. The molecule has 0 radical (unpaired) electrons. The Morgan fingerprint density at radius 1 is 0.698 bits per heavy atom. The fraction of sp³-hybridized carbons (Fsp3) is 0.590. The molecule has 284 valence electrons. The van der Waals surface area contributed by atoms with Gasteiger partial charge in [0.1, 0.15) is 10.8 Å². The van der Waals surface area contributed by atoms with E-state index < -0.39 is 11.3 Å². The monoisotopic (exact) mass is 730 g/mol. The first-order chi connectivity index (χ1) is 25.7. The molecule has 0 unspecified atom stereocenters. The number of oxime groups is 2. The second-order valence-electron chi connectivity index (χ2n) is 14.9. The average molecular weight is 731 g/mol. The summed E-state index contributed by atoms with van der Waals surface area (Å²) in [7, 11) is 0. The van der Waals surface area contributed by atoms with Gasteiger partial charge in [0, 0.05) is 12.1 Å². The van der Waals surface area contributed by atoms with Crippen molar-refractivity contribution in [2.75, 3.05) is 0 Å². The Morgan fingerprint density at radius 3 is 1.68 bits per heavy atom. The zero-order valence-electron chi connectivity index (χ0n) is 30.8. The van der Waals surface area contributed by atoms with Crippen molar-refractivity contribution in [3.05, 3.63) is 64.8 Å². The minimum Gasteiger partial charge on any atom is -0.403 e. The van der Waals surface area contributed by atoms with Crippen LogP contribution in [0.2, 0.25) is 0 Å². The molecule has 2 N–H and O–H groups in total. The van der Waals surface area contributed by atoms with Gasteiger partial charge in [-0.15, -0.1) is 0 Å². The highest BCUT2D eigenvalue weighted by molar-refractivity contribution is 5.85. The Bertz CT molecular complexity index is 2160. The largest absolute Gasteiger partial charge is 0.403 e. The highest BCUT2D eigenvalue weighted by Crippen LogP contribution is 2.28. The summed E-state index contributed by atoms with van der Waals surface area (Å²) in [4.78, 5) is 73.1. The first-order valence-electron chi connectivity index (χ1n) is 19.3. The van der Waals surface area contributed by atoms with E-state index >= 15 is 0 Å². The van der Waals surface area contributed by atoms with Crippen molar-refractivity contribution in [2.45, 2.75) is 136 Å². The summed E-state index contributed by atoms with van der Waals surface area (Å²) in [6, 6.07) is 2.71. The Kier molecular flexibility index (Phi) is 13.0. The predicted octanol–water partition coefficient (Wildman–Crippen LogP) is 7.25. The van der Waals surface area contributed by atoms with E-state index in [1.807, 2.05) is 0 Å². The lowest BCUT2D eigenvalue weighted by molar-refractivity contribution is 0.307. The molecule has 4 heterocycles. The third kappa shape index (κ3) is 10.6. The van der Waals surface area contributed by atoms with Crippen LogP contribution in [-0.2, 0) is 12.8 Å². The molecule has 4 aromatic rings. The lowest BCUT2D eigenvalue weighted by atomic mass is 9.84. The summed E-state index contributed by atoms with van der Waals surface area (Å²) in [5.74, 6) is 1.06. The Morgan fingerprint density at radius 2 is 1.17 bits per heavy atom. The van der Waals surface area contributed by atoms with Crippen LogP contribution in [0.25, 0.3) is 22.2 Å². The molecule has 0 aliphatic heterocycles. The maximum atomic E-state index is 12.6. The number of aromatic nitrogens is 4. The van der Waals surface area contributed by atoms with E-state index in [1.165, 1.54) is 44.2 Å². The van der Waals surface area contributed by atoms with Gasteiger partial charge in [-0.2, -0.15) is 9.97 Å². The minimum atomic E-state index is -0.514. The van der Waals surface area contributed by atoms with Crippen molar-refractivity contribution >= 4 is 33.6 Å². The van der Waals surface area contributed by atoms with Gasteiger partial charge in [-0.1, -0.05) is 75.5 Å². The van der Waals surface area contributed by atoms with E-state index in [2.05, 4.69) is 44.1 Å². The van der Waals surface area contributed by atoms with Gasteiger partial charge >= 0.3 is 23.3 Å². The third-order valence-corrected chi connectivity index (χ3v) is 10.2. The molecule has 14 nitrogen and oxygen atoms in total. The third-order valence-electron chi connectivity index (χ3n) is 10.2. The number of nitrogens with zero attached hydrogens (tertiary/aromatic N) is 4. The Hall–Kier alpha value is -4.88. The number of fused-ring (bicyclic) bond motifs is 2. The molecule has 0 bridgehead atoms. The quantitative estimate of drug-likeness (QED) is 0.157. The number of nitrogens with one attached hydrogen (secondary N) is 2. The van der Waals surface area contributed by atoms with E-state index in [1.54, 1.807) is 0 Å². The molecule has 0 aromatic carbocycles. The molecule has 3 aliphatic carbocycles. The van der Waals surface area contributed by atoms with Crippen molar-refractivity contribution in [3.63, 3.8) is 0 Å². The summed E-state index contributed by atoms with van der Waals surface area (Å²) >= 11 is 0. The van der Waals surface area contributed by atoms with Crippen molar-refractivity contribution in [2.24, 2.45) is 22.1 Å². The van der Waals surface area contributed by atoms with Crippen molar-refractivity contribution < 1.29 is 18.5 Å². The topological polar surface area (TPSA) is 195 Å². The molecule has 4 aromatic heterocycles. The first-order valence-corrected chi connectivity index (χ1v) is 19.3. The maximum Gasteiger partial charge on any atom is 0.337 e. The molecule has 53 heavy (non-hydrogen) atoms. The number of rotatable bonds is 10. The normalized spacial score (nSPS) is 16.7. The van der Waals surface area contributed by atoms with Crippen LogP contribution in [0.15, 0.2) is 50.5 Å². The van der Waals surface area contributed by atoms with E-state index in [4.69, 9.17) is 18.5 Å². The van der Waals surface area contributed by atoms with E-state index in [0.29, 0.717) is 46.6 Å². The van der Waals surface area contributed by atoms with Crippen LogP contribution in [0.5, 0.6) is 12.0 Å². The standard InChI is InChI=1S/C20H25N3O4.C19H25N3O4/c24-16-12-14(11-13-7-3-1-4-8-13)17-18(25)21-20(22-19(17)26-16)27-23-15-9-5-2-6-10-15;1-12(2)7-6-8-13-11-15(23)25-18-16(13)17(24)20-19(21-18)26-22-14-9-4-3-5-10-14/h12-13H,1-11H2,(H,21,22,25);11-12H,3-10H2,1-2H3,(H,20,21,24). The molecule has 0 amide bonds. The zero-order valence-corrected chi connectivity index (χ0v) is 30.8. The van der Waals surface area contributed by atoms with Crippen molar-refractivity contribution in [3.8, 4) is 12.0 Å². The lowest BCUT2D eigenvalue weighted by Crippen LogP contribution is -2.17. The molecule has 0 spiro atoms. The predicted molar refractivity (Wildman–Crippen MR) is 202 cm³/mol. The van der Waals surface area contributed by atoms with Gasteiger partial charge in [0.05, 0.1) is 11.4 Å². The van der Waals surface area contributed by atoms with Crippen LogP contribution in [0.3, 0.4) is 0 Å². The van der Waals surface area contributed by atoms with Gasteiger partial charge in [0.15, 0.2) is 0 Å². The maximum absolute atomic E-state index is 12.6. The molecule has 0 saturated heterocycles. The van der Waals surface area contributed by atoms with Crippen LogP contribution in [0, 0.1) is 11.8 Å². The van der Waals surface area contributed by atoms with Crippen LogP contribution in [-0.4, -0.2) is 31.4 Å².